The van der Waals surface area contributed by atoms with Crippen LogP contribution in [0.4, 0.5) is 10.3 Å². The minimum Gasteiger partial charge on any atom is -0.494 e. The summed E-state index contributed by atoms with van der Waals surface area (Å²) >= 11 is 13.1. The smallest absolute Gasteiger partial charge is 0.225 e. The van der Waals surface area contributed by atoms with Crippen LogP contribution in [0.15, 0.2) is 42.6 Å². The molecule has 1 atom stereocenters. The van der Waals surface area contributed by atoms with Gasteiger partial charge < -0.3 is 19.9 Å². The van der Waals surface area contributed by atoms with Crippen LogP contribution in [0.5, 0.6) is 5.75 Å². The molecule has 0 spiro atoms. The highest BCUT2D eigenvalue weighted by atomic mass is 35.5. The summed E-state index contributed by atoms with van der Waals surface area (Å²) in [5, 5.41) is 7.72. The van der Waals surface area contributed by atoms with Crippen molar-refractivity contribution in [1.82, 2.24) is 24.8 Å². The fraction of sp³-hybridized carbons (Fsp3) is 0.320. The van der Waals surface area contributed by atoms with Crippen molar-refractivity contribution in [1.29, 1.82) is 0 Å². The SMILES string of the molecule is COc1ccc(CNc2ncc3nc(-c4c(Cl)cccc4Cl)n(C[C@@H]4CCCNC4)c3n2)cc1F. The van der Waals surface area contributed by atoms with Crippen LogP contribution in [0, 0.1) is 11.7 Å². The van der Waals surface area contributed by atoms with Crippen LogP contribution < -0.4 is 15.4 Å². The van der Waals surface area contributed by atoms with E-state index in [0.717, 1.165) is 38.0 Å². The topological polar surface area (TPSA) is 76.9 Å². The van der Waals surface area contributed by atoms with Gasteiger partial charge in [-0.05, 0) is 61.7 Å². The third-order valence-corrected chi connectivity index (χ3v) is 6.81. The maximum absolute atomic E-state index is 14.1. The minimum atomic E-state index is -0.413. The highest BCUT2D eigenvalue weighted by molar-refractivity contribution is 6.39. The van der Waals surface area contributed by atoms with Gasteiger partial charge in [-0.15, -0.1) is 0 Å². The monoisotopic (exact) mass is 514 g/mol. The van der Waals surface area contributed by atoms with Crippen LogP contribution in [0.25, 0.3) is 22.6 Å². The quantitative estimate of drug-likeness (QED) is 0.336. The molecule has 1 fully saturated rings. The van der Waals surface area contributed by atoms with Gasteiger partial charge in [0.2, 0.25) is 5.95 Å². The number of halogens is 3. The first-order valence-electron chi connectivity index (χ1n) is 11.5. The van der Waals surface area contributed by atoms with Crippen LogP contribution in [-0.2, 0) is 13.1 Å². The molecule has 182 valence electrons. The van der Waals surface area contributed by atoms with E-state index in [1.807, 2.05) is 6.07 Å². The number of rotatable bonds is 7. The lowest BCUT2D eigenvalue weighted by molar-refractivity contribution is 0.341. The Morgan fingerprint density at radius 3 is 2.74 bits per heavy atom. The lowest BCUT2D eigenvalue weighted by atomic mass is 9.99. The molecule has 0 radical (unpaired) electrons. The fourth-order valence-electron chi connectivity index (χ4n) is 4.42. The van der Waals surface area contributed by atoms with Crippen LogP contribution in [0.3, 0.4) is 0 Å². The Bertz CT molecular complexity index is 1340. The number of piperidine rings is 1. The second-order valence-electron chi connectivity index (χ2n) is 8.58. The number of hydrogen-bond acceptors (Lipinski definition) is 6. The number of nitrogens with one attached hydrogen (secondary N) is 2. The van der Waals surface area contributed by atoms with E-state index < -0.39 is 5.82 Å². The number of nitrogens with zero attached hydrogens (tertiary/aromatic N) is 4. The third-order valence-electron chi connectivity index (χ3n) is 6.18. The van der Waals surface area contributed by atoms with Gasteiger partial charge in [0, 0.05) is 13.1 Å². The van der Waals surface area contributed by atoms with Gasteiger partial charge in [-0.2, -0.15) is 4.98 Å². The first-order chi connectivity index (χ1) is 17.0. The van der Waals surface area contributed by atoms with Crippen molar-refractivity contribution in [2.75, 3.05) is 25.5 Å². The molecule has 0 aliphatic carbocycles. The number of aromatic nitrogens is 4. The van der Waals surface area contributed by atoms with Gasteiger partial charge in [-0.1, -0.05) is 35.3 Å². The van der Waals surface area contributed by atoms with Crippen molar-refractivity contribution in [3.8, 4) is 17.1 Å². The number of ether oxygens (including phenoxy) is 1. The molecule has 0 amide bonds. The molecule has 1 aliphatic heterocycles. The number of imidazole rings is 1. The predicted molar refractivity (Wildman–Crippen MR) is 137 cm³/mol. The van der Waals surface area contributed by atoms with E-state index in [4.69, 9.17) is 37.9 Å². The molecular formula is C25H25Cl2FN6O. The Morgan fingerprint density at radius 2 is 2.03 bits per heavy atom. The maximum Gasteiger partial charge on any atom is 0.225 e. The zero-order valence-corrected chi connectivity index (χ0v) is 20.7. The second kappa shape index (κ2) is 10.4. The molecule has 10 heteroatoms. The van der Waals surface area contributed by atoms with E-state index in [0.29, 0.717) is 51.0 Å². The summed E-state index contributed by atoms with van der Waals surface area (Å²) in [4.78, 5) is 14.0. The van der Waals surface area contributed by atoms with E-state index >= 15 is 0 Å². The van der Waals surface area contributed by atoms with Gasteiger partial charge in [0.25, 0.3) is 0 Å². The number of fused-ring (bicyclic) bond motifs is 1. The maximum atomic E-state index is 14.1. The predicted octanol–water partition coefficient (Wildman–Crippen LogP) is 5.56. The van der Waals surface area contributed by atoms with Crippen LogP contribution >= 0.6 is 23.2 Å². The van der Waals surface area contributed by atoms with Crippen molar-refractivity contribution in [2.45, 2.75) is 25.9 Å². The summed E-state index contributed by atoms with van der Waals surface area (Å²) in [5.41, 5.74) is 2.78. The summed E-state index contributed by atoms with van der Waals surface area (Å²) in [6.07, 6.45) is 3.92. The van der Waals surface area contributed by atoms with E-state index in [1.54, 1.807) is 30.5 Å². The molecular weight excluding hydrogens is 490 g/mol. The molecule has 4 aromatic rings. The molecule has 2 aromatic carbocycles. The Kier molecular flexibility index (Phi) is 7.04. The first kappa shape index (κ1) is 23.8. The lowest BCUT2D eigenvalue weighted by Gasteiger charge is -2.24. The third kappa shape index (κ3) is 5.05. The van der Waals surface area contributed by atoms with Gasteiger partial charge in [-0.3, -0.25) is 0 Å². The molecule has 3 heterocycles. The van der Waals surface area contributed by atoms with E-state index in [2.05, 4.69) is 20.2 Å². The zero-order chi connectivity index (χ0) is 24.4. The molecule has 35 heavy (non-hydrogen) atoms. The van der Waals surface area contributed by atoms with Gasteiger partial charge in [0.05, 0.1) is 28.9 Å². The molecule has 2 aromatic heterocycles. The summed E-state index contributed by atoms with van der Waals surface area (Å²) in [6.45, 7) is 3.04. The van der Waals surface area contributed by atoms with E-state index in [9.17, 15) is 4.39 Å². The molecule has 5 rings (SSSR count). The lowest BCUT2D eigenvalue weighted by Crippen LogP contribution is -2.32. The second-order valence-corrected chi connectivity index (χ2v) is 9.39. The number of anilines is 1. The fourth-order valence-corrected chi connectivity index (χ4v) is 4.98. The van der Waals surface area contributed by atoms with Crippen molar-refractivity contribution in [3.63, 3.8) is 0 Å². The molecule has 2 N–H and O–H groups in total. The number of methoxy groups -OCH3 is 1. The number of benzene rings is 2. The van der Waals surface area contributed by atoms with E-state index in [-0.39, 0.29) is 5.75 Å². The normalized spacial score (nSPS) is 15.9. The van der Waals surface area contributed by atoms with Crippen molar-refractivity contribution < 1.29 is 9.13 Å². The summed E-state index contributed by atoms with van der Waals surface area (Å²) in [5.74, 6) is 1.31. The first-order valence-corrected chi connectivity index (χ1v) is 12.2. The Balaban J connectivity index is 1.50. The Morgan fingerprint density at radius 1 is 1.20 bits per heavy atom. The van der Waals surface area contributed by atoms with Crippen molar-refractivity contribution >= 4 is 40.3 Å². The summed E-state index contributed by atoms with van der Waals surface area (Å²) < 4.78 is 21.1. The standard InChI is InChI=1S/C25H25Cl2FN6O/c1-35-21-8-7-15(10-19(21)28)12-30-25-31-13-20-23(33-25)34(14-16-4-3-9-29-11-16)24(32-20)22-17(26)5-2-6-18(22)27/h2,5-8,10,13,16,29H,3-4,9,11-12,14H2,1H3,(H,30,31,33)/t16-/m1/s1. The van der Waals surface area contributed by atoms with Gasteiger partial charge >= 0.3 is 0 Å². The summed E-state index contributed by atoms with van der Waals surface area (Å²) in [7, 11) is 1.44. The Labute approximate surface area is 212 Å². The van der Waals surface area contributed by atoms with Crippen LogP contribution in [0.1, 0.15) is 18.4 Å². The zero-order valence-electron chi connectivity index (χ0n) is 19.2. The van der Waals surface area contributed by atoms with E-state index in [1.165, 1.54) is 13.2 Å². The highest BCUT2D eigenvalue weighted by Crippen LogP contribution is 2.36. The summed E-state index contributed by atoms with van der Waals surface area (Å²) in [6, 6.07) is 10.3. The molecule has 1 aliphatic rings. The minimum absolute atomic E-state index is 0.207. The molecule has 7 nitrogen and oxygen atoms in total. The molecule has 0 bridgehead atoms. The van der Waals surface area contributed by atoms with Gasteiger partial charge in [0.15, 0.2) is 17.2 Å². The van der Waals surface area contributed by atoms with Crippen molar-refractivity contribution in [3.05, 3.63) is 64.0 Å². The average Bonchev–Trinajstić information content (AvgIpc) is 3.20. The van der Waals surface area contributed by atoms with Crippen LogP contribution in [0.2, 0.25) is 10.0 Å². The highest BCUT2D eigenvalue weighted by Gasteiger charge is 2.23. The van der Waals surface area contributed by atoms with Gasteiger partial charge in [-0.25, -0.2) is 14.4 Å². The molecule has 0 saturated carbocycles. The van der Waals surface area contributed by atoms with Crippen LogP contribution in [-0.4, -0.2) is 39.7 Å². The molecule has 0 unspecified atom stereocenters. The van der Waals surface area contributed by atoms with Crippen molar-refractivity contribution in [2.24, 2.45) is 5.92 Å². The number of hydrogen-bond donors (Lipinski definition) is 2. The average molecular weight is 515 g/mol. The largest absolute Gasteiger partial charge is 0.494 e. The Hall–Kier alpha value is -2.94. The van der Waals surface area contributed by atoms with Gasteiger partial charge in [0.1, 0.15) is 11.3 Å². The molecule has 1 saturated heterocycles.